The number of carbonyl (C=O) groups excluding carboxylic acids is 1. The van der Waals surface area contributed by atoms with Crippen molar-refractivity contribution in [2.75, 3.05) is 22.0 Å². The largest absolute Gasteiger partial charge is 0.494 e. The fourth-order valence-electron chi connectivity index (χ4n) is 3.40. The van der Waals surface area contributed by atoms with E-state index >= 15 is 0 Å². The number of hydrogen-bond donors (Lipinski definition) is 1. The third kappa shape index (κ3) is 4.87. The Hall–Kier alpha value is -2.68. The van der Waals surface area contributed by atoms with Gasteiger partial charge in [0, 0.05) is 16.4 Å². The number of nitrogens with one attached hydrogen (secondary N) is 1. The molecule has 166 valence electrons. The zero-order valence-corrected chi connectivity index (χ0v) is 19.6. The van der Waals surface area contributed by atoms with Crippen molar-refractivity contribution >= 4 is 50.7 Å². The fourth-order valence-corrected chi connectivity index (χ4v) is 5.75. The van der Waals surface area contributed by atoms with Crippen molar-refractivity contribution < 1.29 is 17.9 Å². The Morgan fingerprint density at radius 3 is 2.50 bits per heavy atom. The molecule has 32 heavy (non-hydrogen) atoms. The number of halogens is 1. The molecule has 1 fully saturated rings. The van der Waals surface area contributed by atoms with Gasteiger partial charge in [0.15, 0.2) is 0 Å². The van der Waals surface area contributed by atoms with Crippen LogP contribution in [0.3, 0.4) is 0 Å². The van der Waals surface area contributed by atoms with Crippen LogP contribution in [0.4, 0.5) is 11.4 Å². The van der Waals surface area contributed by atoms with E-state index in [1.54, 1.807) is 23.1 Å². The van der Waals surface area contributed by atoms with E-state index in [-0.39, 0.29) is 16.2 Å². The molecule has 0 radical (unpaired) electrons. The van der Waals surface area contributed by atoms with E-state index in [1.807, 2.05) is 37.3 Å². The molecule has 9 heteroatoms. The standard InChI is InChI=1S/C23H21ClN2O4S2/c1-2-30-20-10-8-19(9-11-20)26-22(27)15-31-23(26)16-4-3-5-18(14-16)25-32(28,29)21-12-6-17(24)7-13-21/h3-14,23,25H,2,15H2,1H3. The summed E-state index contributed by atoms with van der Waals surface area (Å²) in [5.41, 5.74) is 2.01. The summed E-state index contributed by atoms with van der Waals surface area (Å²) < 4.78 is 33.6. The summed E-state index contributed by atoms with van der Waals surface area (Å²) in [6.45, 7) is 2.48. The summed E-state index contributed by atoms with van der Waals surface area (Å²) in [5, 5.41) is 0.198. The third-order valence-corrected chi connectivity index (χ3v) is 7.70. The summed E-state index contributed by atoms with van der Waals surface area (Å²) in [7, 11) is -3.77. The van der Waals surface area contributed by atoms with E-state index < -0.39 is 10.0 Å². The Balaban J connectivity index is 1.59. The van der Waals surface area contributed by atoms with Crippen LogP contribution >= 0.6 is 23.4 Å². The van der Waals surface area contributed by atoms with Crippen molar-refractivity contribution in [1.82, 2.24) is 0 Å². The average molecular weight is 489 g/mol. The Bertz CT molecular complexity index is 1220. The number of ether oxygens (including phenoxy) is 1. The molecule has 0 bridgehead atoms. The van der Waals surface area contributed by atoms with Crippen LogP contribution < -0.4 is 14.4 Å². The topological polar surface area (TPSA) is 75.7 Å². The maximum atomic E-state index is 12.7. The first-order chi connectivity index (χ1) is 15.4. The van der Waals surface area contributed by atoms with Gasteiger partial charge in [-0.25, -0.2) is 8.42 Å². The highest BCUT2D eigenvalue weighted by atomic mass is 35.5. The van der Waals surface area contributed by atoms with E-state index in [0.717, 1.165) is 17.0 Å². The van der Waals surface area contributed by atoms with Crippen LogP contribution in [0.5, 0.6) is 5.75 Å². The molecular weight excluding hydrogens is 468 g/mol. The molecule has 3 aromatic carbocycles. The zero-order chi connectivity index (χ0) is 22.7. The molecule has 0 saturated carbocycles. The van der Waals surface area contributed by atoms with Crippen molar-refractivity contribution in [2.45, 2.75) is 17.2 Å². The van der Waals surface area contributed by atoms with E-state index in [2.05, 4.69) is 4.72 Å². The molecule has 1 amide bonds. The fraction of sp³-hybridized carbons (Fsp3) is 0.174. The molecule has 1 aliphatic rings. The van der Waals surface area contributed by atoms with Crippen LogP contribution in [-0.2, 0) is 14.8 Å². The van der Waals surface area contributed by atoms with Gasteiger partial charge in [-0.2, -0.15) is 0 Å². The summed E-state index contributed by atoms with van der Waals surface area (Å²) in [6.07, 6.45) is 0. The molecule has 1 N–H and O–H groups in total. The number of benzene rings is 3. The number of carbonyl (C=O) groups is 1. The van der Waals surface area contributed by atoms with Gasteiger partial charge in [-0.05, 0) is 73.2 Å². The van der Waals surface area contributed by atoms with Crippen LogP contribution in [0.15, 0.2) is 77.7 Å². The highest BCUT2D eigenvalue weighted by Crippen LogP contribution is 2.42. The van der Waals surface area contributed by atoms with Gasteiger partial charge >= 0.3 is 0 Å². The lowest BCUT2D eigenvalue weighted by Gasteiger charge is -2.25. The smallest absolute Gasteiger partial charge is 0.261 e. The summed E-state index contributed by atoms with van der Waals surface area (Å²) in [6, 6.07) is 20.4. The number of hydrogen-bond acceptors (Lipinski definition) is 5. The quantitative estimate of drug-likeness (QED) is 0.487. The Kier molecular flexibility index (Phi) is 6.64. The zero-order valence-electron chi connectivity index (χ0n) is 17.2. The van der Waals surface area contributed by atoms with Crippen LogP contribution in [0, 0.1) is 0 Å². The lowest BCUT2D eigenvalue weighted by molar-refractivity contribution is -0.115. The minimum atomic E-state index is -3.77. The van der Waals surface area contributed by atoms with Crippen molar-refractivity contribution in [3.8, 4) is 5.75 Å². The number of thioether (sulfide) groups is 1. The summed E-state index contributed by atoms with van der Waals surface area (Å²) in [4.78, 5) is 14.5. The van der Waals surface area contributed by atoms with Crippen LogP contribution in [-0.4, -0.2) is 26.7 Å². The van der Waals surface area contributed by atoms with Gasteiger partial charge in [0.2, 0.25) is 5.91 Å². The predicted molar refractivity (Wildman–Crippen MR) is 129 cm³/mol. The number of sulfonamides is 1. The molecule has 1 heterocycles. The van der Waals surface area contributed by atoms with Crippen LogP contribution in [0.2, 0.25) is 5.02 Å². The molecule has 0 spiro atoms. The second kappa shape index (κ2) is 9.44. The van der Waals surface area contributed by atoms with Crippen molar-refractivity contribution in [1.29, 1.82) is 0 Å². The molecule has 0 aromatic heterocycles. The average Bonchev–Trinajstić information content (AvgIpc) is 3.16. The molecule has 1 aliphatic heterocycles. The minimum absolute atomic E-state index is 0.00342. The summed E-state index contributed by atoms with van der Waals surface area (Å²) >= 11 is 7.36. The first kappa shape index (κ1) is 22.5. The lowest BCUT2D eigenvalue weighted by atomic mass is 10.1. The molecule has 4 rings (SSSR count). The van der Waals surface area contributed by atoms with Gasteiger partial charge in [0.05, 0.1) is 17.3 Å². The van der Waals surface area contributed by atoms with Crippen molar-refractivity contribution in [3.05, 3.63) is 83.4 Å². The Labute approximate surface area is 196 Å². The second-order valence-corrected chi connectivity index (χ2v) is 10.2. The highest BCUT2D eigenvalue weighted by molar-refractivity contribution is 8.00. The van der Waals surface area contributed by atoms with E-state index in [1.165, 1.54) is 36.0 Å². The normalized spacial score (nSPS) is 16.2. The predicted octanol–water partition coefficient (Wildman–Crippen LogP) is 5.32. The number of rotatable bonds is 7. The SMILES string of the molecule is CCOc1ccc(N2C(=O)CSC2c2cccc(NS(=O)(=O)c3ccc(Cl)cc3)c2)cc1. The molecule has 6 nitrogen and oxygen atoms in total. The molecule has 1 atom stereocenters. The van der Waals surface area contributed by atoms with Gasteiger partial charge < -0.3 is 4.74 Å². The monoisotopic (exact) mass is 488 g/mol. The first-order valence-electron chi connectivity index (χ1n) is 9.92. The maximum Gasteiger partial charge on any atom is 0.261 e. The van der Waals surface area contributed by atoms with Gasteiger partial charge in [-0.3, -0.25) is 14.4 Å². The van der Waals surface area contributed by atoms with E-state index in [0.29, 0.717) is 23.1 Å². The Morgan fingerprint density at radius 2 is 1.81 bits per heavy atom. The van der Waals surface area contributed by atoms with Crippen LogP contribution in [0.25, 0.3) is 0 Å². The molecule has 1 unspecified atom stereocenters. The number of nitrogens with zero attached hydrogens (tertiary/aromatic N) is 1. The second-order valence-electron chi connectivity index (χ2n) is 7.04. The van der Waals surface area contributed by atoms with Gasteiger partial charge in [0.1, 0.15) is 11.1 Å². The molecular formula is C23H21ClN2O4S2. The third-order valence-electron chi connectivity index (χ3n) is 4.84. The van der Waals surface area contributed by atoms with Crippen molar-refractivity contribution in [3.63, 3.8) is 0 Å². The first-order valence-corrected chi connectivity index (χ1v) is 12.8. The van der Waals surface area contributed by atoms with Gasteiger partial charge in [0.25, 0.3) is 10.0 Å². The lowest BCUT2D eigenvalue weighted by Crippen LogP contribution is -2.27. The number of anilines is 2. The molecule has 0 aliphatic carbocycles. The van der Waals surface area contributed by atoms with Crippen molar-refractivity contribution in [2.24, 2.45) is 0 Å². The maximum absolute atomic E-state index is 12.7. The van der Waals surface area contributed by atoms with Gasteiger partial charge in [-0.1, -0.05) is 23.7 Å². The minimum Gasteiger partial charge on any atom is -0.494 e. The number of amides is 1. The summed E-state index contributed by atoms with van der Waals surface area (Å²) in [5.74, 6) is 1.08. The Morgan fingerprint density at radius 1 is 1.09 bits per heavy atom. The van der Waals surface area contributed by atoms with E-state index in [4.69, 9.17) is 16.3 Å². The van der Waals surface area contributed by atoms with Crippen LogP contribution in [0.1, 0.15) is 17.9 Å². The van der Waals surface area contributed by atoms with E-state index in [9.17, 15) is 13.2 Å². The molecule has 3 aromatic rings. The molecule has 1 saturated heterocycles. The van der Waals surface area contributed by atoms with Gasteiger partial charge in [-0.15, -0.1) is 11.8 Å². The highest BCUT2D eigenvalue weighted by Gasteiger charge is 2.34.